The Morgan fingerprint density at radius 2 is 2.00 bits per heavy atom. The van der Waals surface area contributed by atoms with E-state index in [0.717, 1.165) is 6.42 Å². The predicted octanol–water partition coefficient (Wildman–Crippen LogP) is 2.41. The average Bonchev–Trinajstić information content (AvgIpc) is 2.49. The third-order valence-corrected chi connectivity index (χ3v) is 4.86. The van der Waals surface area contributed by atoms with Gasteiger partial charge in [0.2, 0.25) is 10.0 Å². The zero-order valence-corrected chi connectivity index (χ0v) is 13.7. The van der Waals surface area contributed by atoms with Crippen molar-refractivity contribution >= 4 is 15.7 Å². The van der Waals surface area contributed by atoms with Crippen LogP contribution in [0.3, 0.4) is 0 Å². The van der Waals surface area contributed by atoms with Crippen LogP contribution >= 0.6 is 0 Å². The van der Waals surface area contributed by atoms with E-state index >= 15 is 0 Å². The molecule has 3 N–H and O–H groups in total. The maximum atomic E-state index is 13.1. The van der Waals surface area contributed by atoms with Gasteiger partial charge in [-0.05, 0) is 12.5 Å². The molecule has 0 saturated heterocycles. The topological polar surface area (TPSA) is 115 Å². The van der Waals surface area contributed by atoms with Crippen molar-refractivity contribution in [2.75, 3.05) is 6.54 Å². The molecule has 24 heavy (non-hydrogen) atoms. The molecule has 0 radical (unpaired) electrons. The number of benzene rings is 1. The summed E-state index contributed by atoms with van der Waals surface area (Å²) in [7, 11) is -4.53. The Balaban J connectivity index is 3.30. The zero-order valence-electron chi connectivity index (χ0n) is 12.8. The minimum atomic E-state index is -5.06. The number of rotatable bonds is 8. The molecule has 1 aromatic rings. The monoisotopic (exact) mass is 369 g/mol. The fourth-order valence-electron chi connectivity index (χ4n) is 2.05. The van der Waals surface area contributed by atoms with Crippen LogP contribution in [0.2, 0.25) is 0 Å². The Hall–Kier alpha value is -1.72. The molecule has 0 bridgehead atoms. The summed E-state index contributed by atoms with van der Waals surface area (Å²) in [6.45, 7) is 1.80. The highest BCUT2D eigenvalue weighted by molar-refractivity contribution is 7.89. The fourth-order valence-corrected chi connectivity index (χ4v) is 3.54. The van der Waals surface area contributed by atoms with Crippen LogP contribution in [0.25, 0.3) is 0 Å². The van der Waals surface area contributed by atoms with Crippen LogP contribution in [-0.2, 0) is 16.2 Å². The summed E-state index contributed by atoms with van der Waals surface area (Å²) in [6, 6.07) is 0.786. The molecule has 1 rings (SSSR count). The van der Waals surface area contributed by atoms with Crippen molar-refractivity contribution in [2.45, 2.75) is 43.3 Å². The number of non-ortho nitro benzene ring substituents is 1. The highest BCUT2D eigenvalue weighted by atomic mass is 32.2. The molecule has 136 valence electrons. The first-order valence-corrected chi connectivity index (χ1v) is 8.59. The molecule has 0 aromatic heterocycles. The van der Waals surface area contributed by atoms with Crippen LogP contribution in [0.15, 0.2) is 23.1 Å². The minimum absolute atomic E-state index is 0.0758. The van der Waals surface area contributed by atoms with Gasteiger partial charge in [0.15, 0.2) is 0 Å². The van der Waals surface area contributed by atoms with E-state index in [1.807, 2.05) is 6.92 Å². The van der Waals surface area contributed by atoms with Crippen molar-refractivity contribution in [3.63, 3.8) is 0 Å². The number of nitrogens with zero attached hydrogens (tertiary/aromatic N) is 1. The molecule has 0 aliphatic heterocycles. The third kappa shape index (κ3) is 5.14. The second kappa shape index (κ2) is 7.90. The van der Waals surface area contributed by atoms with Crippen molar-refractivity contribution in [1.82, 2.24) is 4.72 Å². The van der Waals surface area contributed by atoms with Crippen LogP contribution in [0.1, 0.15) is 31.7 Å². The van der Waals surface area contributed by atoms with Gasteiger partial charge in [-0.3, -0.25) is 10.1 Å². The van der Waals surface area contributed by atoms with E-state index < -0.39 is 43.3 Å². The lowest BCUT2D eigenvalue weighted by atomic mass is 10.1. The van der Waals surface area contributed by atoms with Crippen LogP contribution in [0.5, 0.6) is 0 Å². The van der Waals surface area contributed by atoms with E-state index in [4.69, 9.17) is 5.73 Å². The average molecular weight is 369 g/mol. The van der Waals surface area contributed by atoms with Crippen molar-refractivity contribution in [3.8, 4) is 0 Å². The Morgan fingerprint density at radius 1 is 1.38 bits per heavy atom. The summed E-state index contributed by atoms with van der Waals surface area (Å²) >= 11 is 0. The second-order valence-corrected chi connectivity index (χ2v) is 6.81. The van der Waals surface area contributed by atoms with Gasteiger partial charge in [-0.1, -0.05) is 19.8 Å². The lowest BCUT2D eigenvalue weighted by Crippen LogP contribution is -2.40. The van der Waals surface area contributed by atoms with E-state index in [2.05, 4.69) is 4.72 Å². The van der Waals surface area contributed by atoms with E-state index in [0.29, 0.717) is 25.0 Å². The molecule has 0 aliphatic rings. The molecule has 11 heteroatoms. The maximum Gasteiger partial charge on any atom is 0.417 e. The van der Waals surface area contributed by atoms with Gasteiger partial charge in [-0.25, -0.2) is 13.1 Å². The first kappa shape index (κ1) is 20.3. The highest BCUT2D eigenvalue weighted by Crippen LogP contribution is 2.36. The van der Waals surface area contributed by atoms with E-state index in [1.54, 1.807) is 0 Å². The number of nitrogens with two attached hydrogens (primary N) is 1. The first-order chi connectivity index (χ1) is 11.0. The van der Waals surface area contributed by atoms with E-state index in [9.17, 15) is 31.7 Å². The van der Waals surface area contributed by atoms with Crippen LogP contribution in [0, 0.1) is 10.1 Å². The SMILES string of the molecule is CCCCC(CN)NS(=O)(=O)c1ccc([N+](=O)[O-])cc1C(F)(F)F. The highest BCUT2D eigenvalue weighted by Gasteiger charge is 2.39. The summed E-state index contributed by atoms with van der Waals surface area (Å²) in [6.07, 6.45) is -3.27. The van der Waals surface area contributed by atoms with Gasteiger partial charge in [0.25, 0.3) is 5.69 Å². The number of hydrogen-bond acceptors (Lipinski definition) is 5. The molecule has 0 aliphatic carbocycles. The number of alkyl halides is 3. The van der Waals surface area contributed by atoms with Gasteiger partial charge in [-0.15, -0.1) is 0 Å². The quantitative estimate of drug-likeness (QED) is 0.539. The molecule has 0 amide bonds. The number of nitrogens with one attached hydrogen (secondary N) is 1. The van der Waals surface area contributed by atoms with Crippen molar-refractivity contribution in [3.05, 3.63) is 33.9 Å². The molecular weight excluding hydrogens is 351 g/mol. The molecule has 1 atom stereocenters. The molecule has 0 heterocycles. The van der Waals surface area contributed by atoms with Gasteiger partial charge >= 0.3 is 6.18 Å². The third-order valence-electron chi connectivity index (χ3n) is 3.28. The molecule has 0 spiro atoms. The zero-order chi connectivity index (χ0) is 18.5. The van der Waals surface area contributed by atoms with Gasteiger partial charge in [0.05, 0.1) is 15.4 Å². The number of unbranched alkanes of at least 4 members (excludes halogenated alkanes) is 1. The molecule has 1 unspecified atom stereocenters. The summed E-state index contributed by atoms with van der Waals surface area (Å²) < 4.78 is 66.0. The first-order valence-electron chi connectivity index (χ1n) is 7.11. The fraction of sp³-hybridized carbons (Fsp3) is 0.538. The Bertz CT molecular complexity index is 692. The predicted molar refractivity (Wildman–Crippen MR) is 80.8 cm³/mol. The van der Waals surface area contributed by atoms with Gasteiger partial charge in [0.1, 0.15) is 0 Å². The normalized spacial score (nSPS) is 13.7. The van der Waals surface area contributed by atoms with Crippen molar-refractivity contribution in [2.24, 2.45) is 5.73 Å². The standard InChI is InChI=1S/C13H18F3N3O4S/c1-2-3-4-9(8-17)18-24(22,23)12-6-5-10(19(20)21)7-11(12)13(14,15)16/h5-7,9,18H,2-4,8,17H2,1H3. The van der Waals surface area contributed by atoms with Crippen molar-refractivity contribution < 1.29 is 26.5 Å². The van der Waals surface area contributed by atoms with Gasteiger partial charge < -0.3 is 5.73 Å². The molecule has 0 saturated carbocycles. The number of halogens is 3. The Labute approximate surface area is 137 Å². The van der Waals surface area contributed by atoms with E-state index in [-0.39, 0.29) is 12.6 Å². The minimum Gasteiger partial charge on any atom is -0.329 e. The Kier molecular flexibility index (Phi) is 6.69. The van der Waals surface area contributed by atoms with E-state index in [1.165, 1.54) is 0 Å². The second-order valence-electron chi connectivity index (χ2n) is 5.13. The number of nitro benzene ring substituents is 1. The largest absolute Gasteiger partial charge is 0.417 e. The number of sulfonamides is 1. The number of hydrogen-bond donors (Lipinski definition) is 2. The van der Waals surface area contributed by atoms with Crippen LogP contribution < -0.4 is 10.5 Å². The van der Waals surface area contributed by atoms with Crippen molar-refractivity contribution in [1.29, 1.82) is 0 Å². The molecule has 0 fully saturated rings. The van der Waals surface area contributed by atoms with Gasteiger partial charge in [0, 0.05) is 24.7 Å². The summed E-state index contributed by atoms with van der Waals surface area (Å²) in [4.78, 5) is 8.56. The smallest absolute Gasteiger partial charge is 0.329 e. The molecular formula is C13H18F3N3O4S. The molecule has 7 nitrogen and oxygen atoms in total. The van der Waals surface area contributed by atoms with Gasteiger partial charge in [-0.2, -0.15) is 13.2 Å². The lowest BCUT2D eigenvalue weighted by molar-refractivity contribution is -0.385. The van der Waals surface area contributed by atoms with Crippen LogP contribution in [-0.4, -0.2) is 25.9 Å². The lowest BCUT2D eigenvalue weighted by Gasteiger charge is -2.19. The summed E-state index contributed by atoms with van der Waals surface area (Å²) in [5, 5.41) is 10.6. The maximum absolute atomic E-state index is 13.1. The molecule has 1 aromatic carbocycles. The summed E-state index contributed by atoms with van der Waals surface area (Å²) in [5.41, 5.74) is 3.02. The number of nitro groups is 1. The summed E-state index contributed by atoms with van der Waals surface area (Å²) in [5.74, 6) is 0. The Morgan fingerprint density at radius 3 is 2.46 bits per heavy atom. The van der Waals surface area contributed by atoms with Crippen LogP contribution in [0.4, 0.5) is 18.9 Å².